The van der Waals surface area contributed by atoms with E-state index >= 15 is 0 Å². The third-order valence-electron chi connectivity index (χ3n) is 3.11. The predicted molar refractivity (Wildman–Crippen MR) is 90.7 cm³/mol. The third kappa shape index (κ3) is 6.02. The molecule has 1 rings (SSSR count). The second-order valence-corrected chi connectivity index (χ2v) is 6.57. The number of nitrogens with zero attached hydrogens (tertiary/aromatic N) is 2. The smallest absolute Gasteiger partial charge is 0.294 e. The zero-order valence-corrected chi connectivity index (χ0v) is 14.5. The average molecular weight is 351 g/mol. The third-order valence-corrected chi connectivity index (χ3v) is 3.98. The minimum atomic E-state index is -4.28. The molecule has 24 heavy (non-hydrogen) atoms. The first-order chi connectivity index (χ1) is 11.3. The molecule has 0 fully saturated rings. The van der Waals surface area contributed by atoms with Gasteiger partial charge in [-0.15, -0.1) is 0 Å². The molecule has 8 heteroatoms. The van der Waals surface area contributed by atoms with Crippen LogP contribution in [0.25, 0.3) is 0 Å². The van der Waals surface area contributed by atoms with E-state index in [4.69, 9.17) is 4.55 Å². The van der Waals surface area contributed by atoms with E-state index in [-0.39, 0.29) is 10.5 Å². The number of anilines is 1. The normalized spacial score (nSPS) is 11.7. The summed E-state index contributed by atoms with van der Waals surface area (Å²) < 4.78 is 30.9. The second-order valence-electron chi connectivity index (χ2n) is 5.14. The molecule has 1 aromatic carbocycles. The minimum absolute atomic E-state index is 0.0317. The summed E-state index contributed by atoms with van der Waals surface area (Å²) in [5.74, 6) is -0.575. The number of rotatable bonds is 8. The molecule has 2 N–H and O–H groups in total. The largest absolute Gasteiger partial charge is 0.376 e. The van der Waals surface area contributed by atoms with Crippen molar-refractivity contribution < 1.29 is 17.8 Å². The van der Waals surface area contributed by atoms with Gasteiger partial charge in [-0.25, -0.2) is 0 Å². The summed E-state index contributed by atoms with van der Waals surface area (Å²) in [6.07, 6.45) is 3.33. The van der Waals surface area contributed by atoms with Crippen LogP contribution in [0, 0.1) is 11.3 Å². The fourth-order valence-corrected chi connectivity index (χ4v) is 2.52. The van der Waals surface area contributed by atoms with Gasteiger partial charge in [-0.2, -0.15) is 13.7 Å². The Morgan fingerprint density at radius 1 is 1.25 bits per heavy atom. The summed E-state index contributed by atoms with van der Waals surface area (Å²) in [4.78, 5) is 13.8. The van der Waals surface area contributed by atoms with E-state index in [0.717, 1.165) is 25.9 Å². The molecule has 0 bridgehead atoms. The minimum Gasteiger partial charge on any atom is -0.376 e. The zero-order chi connectivity index (χ0) is 18.2. The Morgan fingerprint density at radius 3 is 2.21 bits per heavy atom. The van der Waals surface area contributed by atoms with Crippen molar-refractivity contribution in [3.63, 3.8) is 0 Å². The molecule has 0 heterocycles. The van der Waals surface area contributed by atoms with Crippen molar-refractivity contribution in [3.05, 3.63) is 36.0 Å². The molecule has 1 amide bonds. The van der Waals surface area contributed by atoms with Gasteiger partial charge in [0.1, 0.15) is 11.6 Å². The maximum Gasteiger partial charge on any atom is 0.294 e. The molecule has 1 aromatic rings. The highest BCUT2D eigenvalue weighted by atomic mass is 32.2. The van der Waals surface area contributed by atoms with Crippen molar-refractivity contribution in [3.8, 4) is 6.07 Å². The number of nitriles is 1. The number of nitrogens with one attached hydrogen (secondary N) is 1. The molecule has 7 nitrogen and oxygen atoms in total. The Morgan fingerprint density at radius 2 is 1.79 bits per heavy atom. The van der Waals surface area contributed by atoms with E-state index in [1.165, 1.54) is 30.5 Å². The first-order valence-electron chi connectivity index (χ1n) is 7.56. The van der Waals surface area contributed by atoms with Crippen LogP contribution in [-0.2, 0) is 14.9 Å². The molecule has 0 aromatic heterocycles. The molecule has 0 atom stereocenters. The number of hydrogen-bond donors (Lipinski definition) is 2. The Hall–Kier alpha value is -2.37. The van der Waals surface area contributed by atoms with E-state index in [1.54, 1.807) is 0 Å². The average Bonchev–Trinajstić information content (AvgIpc) is 2.52. The molecule has 0 aliphatic rings. The molecule has 0 radical (unpaired) electrons. The van der Waals surface area contributed by atoms with Crippen molar-refractivity contribution in [2.75, 3.05) is 18.4 Å². The fraction of sp³-hybridized carbons (Fsp3) is 0.375. The van der Waals surface area contributed by atoms with E-state index < -0.39 is 16.0 Å². The van der Waals surface area contributed by atoms with Gasteiger partial charge in [0.15, 0.2) is 0 Å². The molecule has 130 valence electrons. The van der Waals surface area contributed by atoms with Crippen LogP contribution in [0.4, 0.5) is 5.69 Å². The SMILES string of the molecule is CCCN(/C=C(/C#N)C(=O)Nc1ccc(S(=O)(=O)O)cc1)CCC. The number of amides is 1. The molecule has 0 aliphatic heterocycles. The Kier molecular flexibility index (Phi) is 7.42. The lowest BCUT2D eigenvalue weighted by molar-refractivity contribution is -0.112. The van der Waals surface area contributed by atoms with Gasteiger partial charge in [-0.1, -0.05) is 13.8 Å². The summed E-state index contributed by atoms with van der Waals surface area (Å²) in [5.41, 5.74) is 0.293. The van der Waals surface area contributed by atoms with Crippen molar-refractivity contribution in [1.29, 1.82) is 5.26 Å². The maximum absolute atomic E-state index is 12.2. The standard InChI is InChI=1S/C16H21N3O4S/c1-3-9-19(10-4-2)12-13(11-17)16(20)18-14-5-7-15(8-6-14)24(21,22)23/h5-8,12H,3-4,9-10H2,1-2H3,(H,18,20)(H,21,22,23)/b13-12-. The molecule has 0 saturated heterocycles. The quantitative estimate of drug-likeness (QED) is 0.423. The van der Waals surface area contributed by atoms with Gasteiger partial charge in [0.25, 0.3) is 16.0 Å². The van der Waals surface area contributed by atoms with E-state index in [9.17, 15) is 18.5 Å². The Balaban J connectivity index is 2.89. The van der Waals surface area contributed by atoms with Gasteiger partial charge in [-0.3, -0.25) is 9.35 Å². The summed E-state index contributed by atoms with van der Waals surface area (Å²) >= 11 is 0. The highest BCUT2D eigenvalue weighted by Crippen LogP contribution is 2.14. The fourth-order valence-electron chi connectivity index (χ4n) is 2.04. The van der Waals surface area contributed by atoms with Crippen LogP contribution < -0.4 is 5.32 Å². The Labute approximate surface area is 142 Å². The van der Waals surface area contributed by atoms with Crippen LogP contribution >= 0.6 is 0 Å². The monoisotopic (exact) mass is 351 g/mol. The van der Waals surface area contributed by atoms with Crippen molar-refractivity contribution in [2.24, 2.45) is 0 Å². The molecule has 0 saturated carbocycles. The van der Waals surface area contributed by atoms with Crippen LogP contribution in [0.2, 0.25) is 0 Å². The summed E-state index contributed by atoms with van der Waals surface area (Å²) in [6, 6.07) is 6.89. The lowest BCUT2D eigenvalue weighted by Gasteiger charge is -2.19. The first kappa shape index (κ1) is 19.7. The predicted octanol–water partition coefficient (Wildman–Crippen LogP) is 2.40. The van der Waals surface area contributed by atoms with Crippen molar-refractivity contribution >= 4 is 21.7 Å². The van der Waals surface area contributed by atoms with Gasteiger partial charge in [0.2, 0.25) is 0 Å². The number of hydrogen-bond acceptors (Lipinski definition) is 5. The van der Waals surface area contributed by atoms with Crippen molar-refractivity contribution in [2.45, 2.75) is 31.6 Å². The lowest BCUT2D eigenvalue weighted by Crippen LogP contribution is -2.22. The molecule has 0 unspecified atom stereocenters. The highest BCUT2D eigenvalue weighted by Gasteiger charge is 2.13. The van der Waals surface area contributed by atoms with Gasteiger partial charge in [0, 0.05) is 25.0 Å². The highest BCUT2D eigenvalue weighted by molar-refractivity contribution is 7.85. The lowest BCUT2D eigenvalue weighted by atomic mass is 10.2. The van der Waals surface area contributed by atoms with Gasteiger partial charge < -0.3 is 10.2 Å². The van der Waals surface area contributed by atoms with Gasteiger partial charge in [0.05, 0.1) is 4.90 Å². The number of carbonyl (C=O) groups is 1. The summed E-state index contributed by atoms with van der Waals surface area (Å²) in [5, 5.41) is 11.7. The molecule has 0 aliphatic carbocycles. The maximum atomic E-state index is 12.2. The van der Waals surface area contributed by atoms with Crippen LogP contribution in [0.15, 0.2) is 40.9 Å². The zero-order valence-electron chi connectivity index (χ0n) is 13.7. The molecular weight excluding hydrogens is 330 g/mol. The molecule has 0 spiro atoms. The summed E-state index contributed by atoms with van der Waals surface area (Å²) in [6.45, 7) is 5.52. The van der Waals surface area contributed by atoms with E-state index in [1.807, 2.05) is 24.8 Å². The first-order valence-corrected chi connectivity index (χ1v) is 9.00. The second kappa shape index (κ2) is 9.05. The molecular formula is C16H21N3O4S. The van der Waals surface area contributed by atoms with Crippen molar-refractivity contribution in [1.82, 2.24) is 4.90 Å². The van der Waals surface area contributed by atoms with Gasteiger partial charge in [-0.05, 0) is 37.1 Å². The van der Waals surface area contributed by atoms with Crippen LogP contribution in [-0.4, -0.2) is 36.9 Å². The van der Waals surface area contributed by atoms with E-state index in [0.29, 0.717) is 5.69 Å². The topological polar surface area (TPSA) is 111 Å². The van der Waals surface area contributed by atoms with Crippen LogP contribution in [0.1, 0.15) is 26.7 Å². The number of carbonyl (C=O) groups excluding carboxylic acids is 1. The summed E-state index contributed by atoms with van der Waals surface area (Å²) in [7, 11) is -4.28. The van der Waals surface area contributed by atoms with E-state index in [2.05, 4.69) is 5.32 Å². The van der Waals surface area contributed by atoms with Gasteiger partial charge >= 0.3 is 0 Å². The number of benzene rings is 1. The van der Waals surface area contributed by atoms with Crippen LogP contribution in [0.5, 0.6) is 0 Å². The van der Waals surface area contributed by atoms with Crippen LogP contribution in [0.3, 0.4) is 0 Å². The Bertz CT molecular complexity index is 728.